The van der Waals surface area contributed by atoms with Crippen LogP contribution in [0, 0.1) is 19.8 Å². The maximum Gasteiger partial charge on any atom is 0.336 e. The fraction of sp³-hybridized carbons (Fsp3) is 0.333. The molecule has 170 valence electrons. The fourth-order valence-electron chi connectivity index (χ4n) is 3.34. The van der Waals surface area contributed by atoms with Crippen molar-refractivity contribution in [3.63, 3.8) is 0 Å². The van der Waals surface area contributed by atoms with Crippen molar-refractivity contribution in [2.45, 2.75) is 52.0 Å². The van der Waals surface area contributed by atoms with Crippen LogP contribution in [-0.4, -0.2) is 20.4 Å². The Bertz CT molecular complexity index is 1310. The van der Waals surface area contributed by atoms with Crippen molar-refractivity contribution in [2.75, 3.05) is 0 Å². The van der Waals surface area contributed by atoms with Gasteiger partial charge in [-0.3, -0.25) is 0 Å². The van der Waals surface area contributed by atoms with Crippen LogP contribution in [0.4, 0.5) is 0 Å². The van der Waals surface area contributed by atoms with Gasteiger partial charge in [0.15, 0.2) is 0 Å². The van der Waals surface area contributed by atoms with Crippen LogP contribution in [-0.2, 0) is 21.2 Å². The van der Waals surface area contributed by atoms with Gasteiger partial charge in [-0.05, 0) is 55.5 Å². The Labute approximate surface area is 187 Å². The van der Waals surface area contributed by atoms with Gasteiger partial charge in [0, 0.05) is 17.5 Å². The summed E-state index contributed by atoms with van der Waals surface area (Å²) < 4.78 is 39.0. The molecule has 0 unspecified atom stereocenters. The normalized spacial score (nSPS) is 12.8. The van der Waals surface area contributed by atoms with Gasteiger partial charge in [0.1, 0.15) is 17.4 Å². The highest BCUT2D eigenvalue weighted by atomic mass is 32.2. The van der Waals surface area contributed by atoms with Gasteiger partial charge >= 0.3 is 11.6 Å². The average molecular weight is 458 g/mol. The number of benzene rings is 2. The summed E-state index contributed by atoms with van der Waals surface area (Å²) in [6.45, 7) is 9.03. The Morgan fingerprint density at radius 3 is 2.34 bits per heavy atom. The van der Waals surface area contributed by atoms with Gasteiger partial charge < -0.3 is 9.15 Å². The first kappa shape index (κ1) is 23.7. The second-order valence-corrected chi connectivity index (χ2v) is 9.85. The first-order valence-corrected chi connectivity index (χ1v) is 11.9. The molecular weight excluding hydrogens is 430 g/mol. The first-order chi connectivity index (χ1) is 15.0. The number of carbonyl (C=O) groups is 1. The van der Waals surface area contributed by atoms with E-state index in [4.69, 9.17) is 9.15 Å². The third-order valence-corrected chi connectivity index (χ3v) is 6.71. The lowest BCUT2D eigenvalue weighted by molar-refractivity contribution is -0.137. The summed E-state index contributed by atoms with van der Waals surface area (Å²) in [6.07, 6.45) is 0.568. The molecule has 0 aliphatic rings. The lowest BCUT2D eigenvalue weighted by atomic mass is 10.0. The molecule has 7 nitrogen and oxygen atoms in total. The van der Waals surface area contributed by atoms with Gasteiger partial charge in [0.05, 0.1) is 4.90 Å². The molecule has 0 amide bonds. The van der Waals surface area contributed by atoms with Gasteiger partial charge in [0.25, 0.3) is 0 Å². The topological polar surface area (TPSA) is 103 Å². The molecule has 0 aliphatic carbocycles. The molecule has 0 spiro atoms. The second-order valence-electron chi connectivity index (χ2n) is 8.14. The number of fused-ring (bicyclic) bond motifs is 1. The molecule has 3 rings (SSSR count). The van der Waals surface area contributed by atoms with Crippen molar-refractivity contribution in [3.8, 4) is 5.75 Å². The van der Waals surface area contributed by atoms with E-state index in [0.717, 1.165) is 22.1 Å². The van der Waals surface area contributed by atoms with Crippen LogP contribution in [0.5, 0.6) is 5.75 Å². The molecule has 0 bridgehead atoms. The van der Waals surface area contributed by atoms with Crippen molar-refractivity contribution in [1.82, 2.24) is 4.72 Å². The molecule has 1 aromatic heterocycles. The molecular formula is C24H27NO6S. The van der Waals surface area contributed by atoms with E-state index in [-0.39, 0.29) is 16.6 Å². The summed E-state index contributed by atoms with van der Waals surface area (Å²) in [7, 11) is -3.93. The first-order valence-electron chi connectivity index (χ1n) is 10.4. The van der Waals surface area contributed by atoms with Gasteiger partial charge in [-0.1, -0.05) is 38.5 Å². The van der Waals surface area contributed by atoms with E-state index < -0.39 is 27.7 Å². The molecule has 0 aliphatic heterocycles. The zero-order chi connectivity index (χ0) is 23.6. The van der Waals surface area contributed by atoms with Crippen molar-refractivity contribution in [1.29, 1.82) is 0 Å². The lowest BCUT2D eigenvalue weighted by Crippen LogP contribution is -2.46. The summed E-state index contributed by atoms with van der Waals surface area (Å²) in [5.41, 5.74) is 2.23. The van der Waals surface area contributed by atoms with Crippen molar-refractivity contribution >= 4 is 27.0 Å². The Hall–Kier alpha value is -2.97. The number of carbonyl (C=O) groups excluding carboxylic acids is 1. The summed E-state index contributed by atoms with van der Waals surface area (Å²) in [5, 5.41) is 0.752. The average Bonchev–Trinajstić information content (AvgIpc) is 2.71. The molecule has 2 aromatic carbocycles. The summed E-state index contributed by atoms with van der Waals surface area (Å²) >= 11 is 0. The molecule has 0 fully saturated rings. The molecule has 0 radical (unpaired) electrons. The zero-order valence-corrected chi connectivity index (χ0v) is 19.6. The Morgan fingerprint density at radius 2 is 1.75 bits per heavy atom. The highest BCUT2D eigenvalue weighted by molar-refractivity contribution is 7.89. The lowest BCUT2D eigenvalue weighted by Gasteiger charge is -2.21. The van der Waals surface area contributed by atoms with Crippen molar-refractivity contribution < 1.29 is 22.4 Å². The van der Waals surface area contributed by atoms with E-state index in [0.29, 0.717) is 12.0 Å². The Kier molecular flexibility index (Phi) is 6.85. The van der Waals surface area contributed by atoms with Crippen LogP contribution < -0.4 is 15.1 Å². The van der Waals surface area contributed by atoms with Gasteiger partial charge in [-0.2, -0.15) is 4.72 Å². The van der Waals surface area contributed by atoms with Crippen LogP contribution in [0.1, 0.15) is 37.5 Å². The highest BCUT2D eigenvalue weighted by Gasteiger charge is 2.30. The number of nitrogens with one attached hydrogen (secondary N) is 1. The minimum absolute atomic E-state index is 0.0683. The van der Waals surface area contributed by atoms with Crippen molar-refractivity contribution in [2.24, 2.45) is 5.92 Å². The van der Waals surface area contributed by atoms with E-state index in [1.807, 2.05) is 19.9 Å². The van der Waals surface area contributed by atoms with E-state index in [9.17, 15) is 18.0 Å². The van der Waals surface area contributed by atoms with Crippen LogP contribution in [0.3, 0.4) is 0 Å². The summed E-state index contributed by atoms with van der Waals surface area (Å²) in [6, 6.07) is 9.98. The second kappa shape index (κ2) is 9.26. The standard InChI is InChI=1S/C24H27NO6S/c1-6-17-12-19-16(5)11-22(26)30-21(19)13-20(17)31-24(27)23(14(2)3)25-32(28,29)18-9-7-15(4)8-10-18/h7-14,23,25H,6H2,1-5H3/t23-/m0/s1. The number of rotatable bonds is 7. The third-order valence-electron chi connectivity index (χ3n) is 5.26. The number of sulfonamides is 1. The third kappa shape index (κ3) is 5.08. The zero-order valence-electron chi connectivity index (χ0n) is 18.8. The van der Waals surface area contributed by atoms with E-state index in [1.165, 1.54) is 24.3 Å². The molecule has 0 saturated carbocycles. The molecule has 0 saturated heterocycles. The van der Waals surface area contributed by atoms with E-state index in [1.54, 1.807) is 32.9 Å². The largest absolute Gasteiger partial charge is 0.425 e. The van der Waals surface area contributed by atoms with Crippen LogP contribution in [0.25, 0.3) is 11.0 Å². The smallest absolute Gasteiger partial charge is 0.336 e. The number of aryl methyl sites for hydroxylation is 3. The predicted molar refractivity (Wildman–Crippen MR) is 122 cm³/mol. The number of esters is 1. The Balaban J connectivity index is 1.93. The number of ether oxygens (including phenoxy) is 1. The number of hydrogen-bond donors (Lipinski definition) is 1. The summed E-state index contributed by atoms with van der Waals surface area (Å²) in [4.78, 5) is 24.8. The SMILES string of the molecule is CCc1cc2c(C)cc(=O)oc2cc1OC(=O)[C@@H](NS(=O)(=O)c1ccc(C)cc1)C(C)C. The molecule has 1 heterocycles. The fourth-order valence-corrected chi connectivity index (χ4v) is 4.68. The van der Waals surface area contributed by atoms with Gasteiger partial charge in [0.2, 0.25) is 10.0 Å². The van der Waals surface area contributed by atoms with Gasteiger partial charge in [-0.25, -0.2) is 18.0 Å². The maximum absolute atomic E-state index is 13.0. The van der Waals surface area contributed by atoms with Crippen LogP contribution in [0.15, 0.2) is 56.6 Å². The van der Waals surface area contributed by atoms with Crippen molar-refractivity contribution in [3.05, 3.63) is 69.6 Å². The van der Waals surface area contributed by atoms with E-state index >= 15 is 0 Å². The van der Waals surface area contributed by atoms with E-state index in [2.05, 4.69) is 4.72 Å². The molecule has 8 heteroatoms. The highest BCUT2D eigenvalue weighted by Crippen LogP contribution is 2.28. The van der Waals surface area contributed by atoms with Crippen LogP contribution in [0.2, 0.25) is 0 Å². The maximum atomic E-state index is 13.0. The predicted octanol–water partition coefficient (Wildman–Crippen LogP) is 3.88. The molecule has 1 atom stereocenters. The molecule has 3 aromatic rings. The number of hydrogen-bond acceptors (Lipinski definition) is 6. The monoisotopic (exact) mass is 457 g/mol. The molecule has 32 heavy (non-hydrogen) atoms. The van der Waals surface area contributed by atoms with Gasteiger partial charge in [-0.15, -0.1) is 0 Å². The minimum atomic E-state index is -3.93. The Morgan fingerprint density at radius 1 is 1.09 bits per heavy atom. The quantitative estimate of drug-likeness (QED) is 0.328. The summed E-state index contributed by atoms with van der Waals surface area (Å²) in [5.74, 6) is -0.868. The minimum Gasteiger partial charge on any atom is -0.425 e. The molecule has 1 N–H and O–H groups in total. The van der Waals surface area contributed by atoms with Crippen LogP contribution >= 0.6 is 0 Å².